The maximum absolute atomic E-state index is 13.1. The number of carbonyl (C=O) groups excluding carboxylic acids is 2. The molecule has 0 aliphatic carbocycles. The number of piperidine rings is 1. The molecule has 0 spiro atoms. The van der Waals surface area contributed by atoms with Crippen molar-refractivity contribution in [3.8, 4) is 5.75 Å². The third kappa shape index (κ3) is 5.40. The van der Waals surface area contributed by atoms with Gasteiger partial charge < -0.3 is 14.2 Å². The van der Waals surface area contributed by atoms with Crippen LogP contribution in [0.1, 0.15) is 59.4 Å². The molecule has 1 aromatic carbocycles. The van der Waals surface area contributed by atoms with Gasteiger partial charge in [0, 0.05) is 13.0 Å². The monoisotopic (exact) mass is 391 g/mol. The second kappa shape index (κ2) is 9.30. The molecule has 156 valence electrons. The fraction of sp³-hybridized carbons (Fsp3) is 0.636. The molecule has 1 aromatic rings. The van der Waals surface area contributed by atoms with E-state index in [1.807, 2.05) is 52.0 Å². The van der Waals surface area contributed by atoms with Crippen LogP contribution in [0.4, 0.5) is 4.79 Å². The molecule has 0 unspecified atom stereocenters. The summed E-state index contributed by atoms with van der Waals surface area (Å²) in [5.74, 6) is 0.415. The molecule has 1 aliphatic rings. The highest BCUT2D eigenvalue weighted by Gasteiger charge is 2.50. The summed E-state index contributed by atoms with van der Waals surface area (Å²) in [6.45, 7) is 10.5. The lowest BCUT2D eigenvalue weighted by Gasteiger charge is -2.45. The molecular weight excluding hydrogens is 358 g/mol. The molecule has 1 saturated heterocycles. The minimum Gasteiger partial charge on any atom is -0.494 e. The molecule has 0 aromatic heterocycles. The first-order valence-electron chi connectivity index (χ1n) is 10.1. The van der Waals surface area contributed by atoms with Gasteiger partial charge >= 0.3 is 12.1 Å². The summed E-state index contributed by atoms with van der Waals surface area (Å²) in [5.41, 5.74) is -0.732. The topological polar surface area (TPSA) is 65.1 Å². The van der Waals surface area contributed by atoms with E-state index in [4.69, 9.17) is 14.2 Å². The first-order valence-corrected chi connectivity index (χ1v) is 10.1. The van der Waals surface area contributed by atoms with E-state index in [0.717, 1.165) is 24.2 Å². The summed E-state index contributed by atoms with van der Waals surface area (Å²) >= 11 is 0. The Morgan fingerprint density at radius 3 is 2.32 bits per heavy atom. The zero-order chi connectivity index (χ0) is 20.8. The number of amides is 1. The highest BCUT2D eigenvalue weighted by molar-refractivity contribution is 5.86. The Morgan fingerprint density at radius 1 is 1.07 bits per heavy atom. The van der Waals surface area contributed by atoms with E-state index in [1.54, 1.807) is 11.8 Å². The second-order valence-electron chi connectivity index (χ2n) is 8.09. The number of ether oxygens (including phenoxy) is 3. The van der Waals surface area contributed by atoms with Crippen molar-refractivity contribution in [2.75, 3.05) is 19.8 Å². The van der Waals surface area contributed by atoms with Gasteiger partial charge in [-0.2, -0.15) is 0 Å². The Balaban J connectivity index is 2.36. The van der Waals surface area contributed by atoms with Crippen molar-refractivity contribution in [3.05, 3.63) is 29.8 Å². The summed E-state index contributed by atoms with van der Waals surface area (Å²) < 4.78 is 16.5. The molecule has 28 heavy (non-hydrogen) atoms. The SMILES string of the molecule is CCOC(=O)[C@@]1(Cc2ccc(OCC)cc2)CCCCN1C(=O)OC(C)(C)C. The zero-order valence-electron chi connectivity index (χ0n) is 17.7. The molecule has 0 radical (unpaired) electrons. The van der Waals surface area contributed by atoms with Gasteiger partial charge in [-0.1, -0.05) is 12.1 Å². The predicted molar refractivity (Wildman–Crippen MR) is 107 cm³/mol. The van der Waals surface area contributed by atoms with Gasteiger partial charge in [0.2, 0.25) is 0 Å². The largest absolute Gasteiger partial charge is 0.494 e. The van der Waals surface area contributed by atoms with Gasteiger partial charge in [-0.05, 0) is 71.6 Å². The fourth-order valence-electron chi connectivity index (χ4n) is 3.56. The lowest BCUT2D eigenvalue weighted by atomic mass is 9.81. The number of likely N-dealkylation sites (tertiary alicyclic amines) is 1. The molecule has 6 nitrogen and oxygen atoms in total. The van der Waals surface area contributed by atoms with Gasteiger partial charge in [0.05, 0.1) is 13.2 Å². The van der Waals surface area contributed by atoms with E-state index in [2.05, 4.69) is 0 Å². The van der Waals surface area contributed by atoms with Gasteiger partial charge in [-0.25, -0.2) is 9.59 Å². The van der Waals surface area contributed by atoms with E-state index < -0.39 is 17.2 Å². The number of benzene rings is 1. The highest BCUT2D eigenvalue weighted by Crippen LogP contribution is 2.35. The first-order chi connectivity index (χ1) is 13.2. The molecule has 0 N–H and O–H groups in total. The molecule has 1 atom stereocenters. The fourth-order valence-corrected chi connectivity index (χ4v) is 3.56. The van der Waals surface area contributed by atoms with Gasteiger partial charge in [-0.15, -0.1) is 0 Å². The molecule has 2 rings (SSSR count). The van der Waals surface area contributed by atoms with Gasteiger partial charge in [0.15, 0.2) is 0 Å². The van der Waals surface area contributed by atoms with Crippen LogP contribution in [-0.4, -0.2) is 47.9 Å². The van der Waals surface area contributed by atoms with E-state index >= 15 is 0 Å². The van der Waals surface area contributed by atoms with E-state index in [0.29, 0.717) is 26.0 Å². The predicted octanol–water partition coefficient (Wildman–Crippen LogP) is 4.35. The molecule has 1 amide bonds. The Labute approximate surface area is 168 Å². The Kier molecular flexibility index (Phi) is 7.33. The second-order valence-corrected chi connectivity index (χ2v) is 8.09. The molecular formula is C22H33NO5. The number of rotatable bonds is 6. The van der Waals surface area contributed by atoms with Crippen molar-refractivity contribution >= 4 is 12.1 Å². The quantitative estimate of drug-likeness (QED) is 0.675. The van der Waals surface area contributed by atoms with Gasteiger partial charge in [0.25, 0.3) is 0 Å². The van der Waals surface area contributed by atoms with Crippen molar-refractivity contribution in [1.82, 2.24) is 4.90 Å². The van der Waals surface area contributed by atoms with E-state index in [-0.39, 0.29) is 12.6 Å². The molecule has 0 saturated carbocycles. The Morgan fingerprint density at radius 2 is 1.75 bits per heavy atom. The van der Waals surface area contributed by atoms with Crippen LogP contribution in [-0.2, 0) is 20.7 Å². The normalized spacial score (nSPS) is 19.8. The van der Waals surface area contributed by atoms with Gasteiger partial charge in [-0.3, -0.25) is 4.90 Å². The summed E-state index contributed by atoms with van der Waals surface area (Å²) in [5, 5.41) is 0. The smallest absolute Gasteiger partial charge is 0.411 e. The lowest BCUT2D eigenvalue weighted by Crippen LogP contribution is -2.62. The maximum Gasteiger partial charge on any atom is 0.411 e. The number of carbonyl (C=O) groups is 2. The van der Waals surface area contributed by atoms with Crippen LogP contribution in [0.15, 0.2) is 24.3 Å². The summed E-state index contributed by atoms with van der Waals surface area (Å²) in [6, 6.07) is 7.65. The van der Waals surface area contributed by atoms with Crippen LogP contribution in [0.2, 0.25) is 0 Å². The number of nitrogens with zero attached hydrogens (tertiary/aromatic N) is 1. The molecule has 1 fully saturated rings. The third-order valence-corrected chi connectivity index (χ3v) is 4.74. The highest BCUT2D eigenvalue weighted by atomic mass is 16.6. The minimum absolute atomic E-state index is 0.270. The minimum atomic E-state index is -1.05. The van der Waals surface area contributed by atoms with Crippen molar-refractivity contribution in [2.45, 2.75) is 71.4 Å². The molecule has 1 heterocycles. The van der Waals surface area contributed by atoms with E-state index in [1.165, 1.54) is 0 Å². The first kappa shape index (κ1) is 22.1. The number of hydrogen-bond acceptors (Lipinski definition) is 5. The van der Waals surface area contributed by atoms with Crippen LogP contribution in [0, 0.1) is 0 Å². The number of esters is 1. The maximum atomic E-state index is 13.1. The van der Waals surface area contributed by atoms with Crippen molar-refractivity contribution < 1.29 is 23.8 Å². The van der Waals surface area contributed by atoms with Crippen molar-refractivity contribution in [3.63, 3.8) is 0 Å². The molecule has 0 bridgehead atoms. The average Bonchev–Trinajstić information content (AvgIpc) is 2.62. The third-order valence-electron chi connectivity index (χ3n) is 4.74. The lowest BCUT2D eigenvalue weighted by molar-refractivity contribution is -0.160. The summed E-state index contributed by atoms with van der Waals surface area (Å²) in [6.07, 6.45) is 2.17. The molecule has 1 aliphatic heterocycles. The van der Waals surface area contributed by atoms with Crippen molar-refractivity contribution in [2.24, 2.45) is 0 Å². The molecule has 6 heteroatoms. The van der Waals surface area contributed by atoms with E-state index in [9.17, 15) is 9.59 Å². The van der Waals surface area contributed by atoms with Crippen LogP contribution in [0.25, 0.3) is 0 Å². The van der Waals surface area contributed by atoms with Crippen molar-refractivity contribution in [1.29, 1.82) is 0 Å². The standard InChI is InChI=1S/C22H33NO5/c1-6-26-18-12-10-17(11-13-18)16-22(19(24)27-7-2)14-8-9-15-23(22)20(25)28-21(3,4)5/h10-13H,6-9,14-16H2,1-5H3/t22-/m0/s1. The van der Waals surface area contributed by atoms with Crippen LogP contribution >= 0.6 is 0 Å². The van der Waals surface area contributed by atoms with Crippen LogP contribution in [0.5, 0.6) is 5.75 Å². The zero-order valence-corrected chi connectivity index (χ0v) is 17.7. The summed E-state index contributed by atoms with van der Waals surface area (Å²) in [7, 11) is 0. The summed E-state index contributed by atoms with van der Waals surface area (Å²) in [4.78, 5) is 27.6. The van der Waals surface area contributed by atoms with Gasteiger partial charge in [0.1, 0.15) is 16.9 Å². The van der Waals surface area contributed by atoms with Crippen LogP contribution < -0.4 is 4.74 Å². The number of hydrogen-bond donors (Lipinski definition) is 0. The Hall–Kier alpha value is -2.24. The Bertz CT molecular complexity index is 664. The van der Waals surface area contributed by atoms with Crippen LogP contribution in [0.3, 0.4) is 0 Å². The average molecular weight is 392 g/mol.